The zero-order valence-electron chi connectivity index (χ0n) is 15.1. The Morgan fingerprint density at radius 1 is 0.833 bits per heavy atom. The van der Waals surface area contributed by atoms with E-state index in [0.29, 0.717) is 26.4 Å². The van der Waals surface area contributed by atoms with Crippen LogP contribution in [0.1, 0.15) is 27.7 Å². The van der Waals surface area contributed by atoms with E-state index in [0.717, 1.165) is 13.2 Å². The Balaban J connectivity index is -0.000000291. The molecule has 0 saturated carbocycles. The van der Waals surface area contributed by atoms with E-state index >= 15 is 0 Å². The first kappa shape index (κ1) is 28.5. The van der Waals surface area contributed by atoms with Crippen LogP contribution in [0.4, 0.5) is 0 Å². The summed E-state index contributed by atoms with van der Waals surface area (Å²) in [5, 5.41) is 16.5. The average Bonchev–Trinajstić information content (AvgIpc) is 2.50. The molecule has 0 aromatic carbocycles. The summed E-state index contributed by atoms with van der Waals surface area (Å²) in [5.41, 5.74) is 0. The first-order valence-corrected chi connectivity index (χ1v) is 9.18. The van der Waals surface area contributed by atoms with E-state index in [-0.39, 0.29) is 25.7 Å². The maximum Gasteiger partial charge on any atom is 0.397 e. The van der Waals surface area contributed by atoms with Crippen LogP contribution in [0.5, 0.6) is 0 Å². The Bertz CT molecular complexity index is 297. The predicted octanol–water partition coefficient (Wildman–Crippen LogP) is 0.509. The van der Waals surface area contributed by atoms with Gasteiger partial charge in [0, 0.05) is 13.2 Å². The molecule has 0 aromatic rings. The number of hydrogen-bond donors (Lipinski definition) is 3. The molecule has 150 valence electrons. The van der Waals surface area contributed by atoms with Crippen LogP contribution in [0.25, 0.3) is 0 Å². The van der Waals surface area contributed by atoms with Gasteiger partial charge in [0.05, 0.1) is 46.2 Å². The van der Waals surface area contributed by atoms with E-state index in [2.05, 4.69) is 4.18 Å². The summed E-state index contributed by atoms with van der Waals surface area (Å²) in [6, 6.07) is 0. The molecule has 0 aliphatic heterocycles. The Morgan fingerprint density at radius 3 is 1.42 bits per heavy atom. The van der Waals surface area contributed by atoms with Crippen molar-refractivity contribution in [1.82, 2.24) is 0 Å². The zero-order chi connectivity index (χ0) is 19.3. The van der Waals surface area contributed by atoms with E-state index in [1.54, 1.807) is 13.8 Å². The Hall–Kier alpha value is -0.330. The third kappa shape index (κ3) is 43.0. The summed E-state index contributed by atoms with van der Waals surface area (Å²) in [4.78, 5) is 0. The summed E-state index contributed by atoms with van der Waals surface area (Å²) in [6.45, 7) is 11.0. The van der Waals surface area contributed by atoms with Gasteiger partial charge in [-0.15, -0.1) is 0 Å². The molecule has 0 spiro atoms. The average molecular weight is 378 g/mol. The molecule has 0 saturated heterocycles. The fraction of sp³-hybridized carbons (Fsp3) is 1.00. The molecule has 0 unspecified atom stereocenters. The van der Waals surface area contributed by atoms with Crippen molar-refractivity contribution in [3.63, 3.8) is 0 Å². The van der Waals surface area contributed by atoms with E-state index in [4.69, 9.17) is 29.0 Å². The van der Waals surface area contributed by atoms with E-state index in [1.165, 1.54) is 0 Å². The molecule has 10 heteroatoms. The highest BCUT2D eigenvalue weighted by molar-refractivity contribution is 7.80. The van der Waals surface area contributed by atoms with Crippen molar-refractivity contribution in [2.45, 2.75) is 27.7 Å². The van der Waals surface area contributed by atoms with Crippen molar-refractivity contribution >= 4 is 10.4 Å². The van der Waals surface area contributed by atoms with Crippen molar-refractivity contribution in [3.8, 4) is 0 Å². The smallest absolute Gasteiger partial charge is 0.394 e. The second kappa shape index (κ2) is 22.7. The molecule has 0 aliphatic carbocycles. The molecule has 24 heavy (non-hydrogen) atoms. The molecule has 0 aliphatic rings. The van der Waals surface area contributed by atoms with Gasteiger partial charge in [0.25, 0.3) is 0 Å². The van der Waals surface area contributed by atoms with Gasteiger partial charge in [0.1, 0.15) is 0 Å². The topological polar surface area (TPSA) is 132 Å². The van der Waals surface area contributed by atoms with Gasteiger partial charge in [-0.05, 0) is 19.8 Å². The van der Waals surface area contributed by atoms with Crippen LogP contribution in [-0.4, -0.2) is 82.6 Å². The van der Waals surface area contributed by atoms with Gasteiger partial charge in [-0.25, -0.2) is 4.18 Å². The monoisotopic (exact) mass is 378 g/mol. The fourth-order valence-corrected chi connectivity index (χ4v) is 1.32. The Labute approximate surface area is 145 Å². The van der Waals surface area contributed by atoms with Crippen molar-refractivity contribution in [3.05, 3.63) is 0 Å². The minimum Gasteiger partial charge on any atom is -0.394 e. The number of aliphatic hydroxyl groups is 2. The first-order valence-electron chi connectivity index (χ1n) is 7.81. The van der Waals surface area contributed by atoms with Gasteiger partial charge >= 0.3 is 10.4 Å². The summed E-state index contributed by atoms with van der Waals surface area (Å²) in [7, 11) is -4.22. The highest BCUT2D eigenvalue weighted by Gasteiger charge is 2.04. The Morgan fingerprint density at radius 2 is 1.25 bits per heavy atom. The van der Waals surface area contributed by atoms with E-state index in [1.807, 2.05) is 13.8 Å². The van der Waals surface area contributed by atoms with Gasteiger partial charge in [0.2, 0.25) is 0 Å². The molecule has 0 rings (SSSR count). The SMILES string of the molecule is CC(C)COS(=O)(=O)O.CCOCC.OCCOCCOCCO. The number of rotatable bonds is 12. The maximum absolute atomic E-state index is 9.87. The minimum absolute atomic E-state index is 0.0266. The van der Waals surface area contributed by atoms with Crippen LogP contribution in [0.3, 0.4) is 0 Å². The first-order chi connectivity index (χ1) is 11.2. The van der Waals surface area contributed by atoms with Crippen LogP contribution in [-0.2, 0) is 28.8 Å². The third-order valence-electron chi connectivity index (χ3n) is 1.80. The van der Waals surface area contributed by atoms with E-state index in [9.17, 15) is 8.42 Å². The lowest BCUT2D eigenvalue weighted by Gasteiger charge is -2.01. The van der Waals surface area contributed by atoms with Crippen LogP contribution < -0.4 is 0 Å². The number of aliphatic hydroxyl groups excluding tert-OH is 2. The zero-order valence-corrected chi connectivity index (χ0v) is 16.0. The molecule has 0 amide bonds. The minimum atomic E-state index is -4.22. The van der Waals surface area contributed by atoms with E-state index < -0.39 is 10.4 Å². The van der Waals surface area contributed by atoms with Crippen molar-refractivity contribution < 1.29 is 41.6 Å². The standard InChI is InChI=1S/C6H14O4.C4H10O4S.C4H10O/c7-1-3-9-5-6-10-4-2-8;1-4(2)3-8-9(5,6)7;1-3-5-4-2/h7-8H,1-6H2;4H,3H2,1-2H3,(H,5,6,7);3-4H2,1-2H3. The normalized spacial score (nSPS) is 10.7. The summed E-state index contributed by atoms with van der Waals surface area (Å²) in [6.07, 6.45) is 0. The molecule has 0 aromatic heterocycles. The molecule has 9 nitrogen and oxygen atoms in total. The van der Waals surface area contributed by atoms with Crippen LogP contribution in [0, 0.1) is 5.92 Å². The lowest BCUT2D eigenvalue weighted by Crippen LogP contribution is -2.09. The second-order valence-corrected chi connectivity index (χ2v) is 5.65. The van der Waals surface area contributed by atoms with Crippen molar-refractivity contribution in [1.29, 1.82) is 0 Å². The molecule has 0 heterocycles. The highest BCUT2D eigenvalue weighted by Crippen LogP contribution is 1.95. The molecule has 0 fully saturated rings. The number of ether oxygens (including phenoxy) is 3. The van der Waals surface area contributed by atoms with Crippen LogP contribution in [0.15, 0.2) is 0 Å². The van der Waals surface area contributed by atoms with Gasteiger partial charge < -0.3 is 24.4 Å². The molecular formula is C14H34O9S. The highest BCUT2D eigenvalue weighted by atomic mass is 32.3. The number of hydrogen-bond acceptors (Lipinski definition) is 8. The lowest BCUT2D eigenvalue weighted by molar-refractivity contribution is 0.0222. The van der Waals surface area contributed by atoms with Crippen LogP contribution >= 0.6 is 0 Å². The Kier molecular flexibility index (Phi) is 26.9. The third-order valence-corrected chi connectivity index (χ3v) is 2.24. The van der Waals surface area contributed by atoms with Crippen molar-refractivity contribution in [2.75, 3.05) is 59.5 Å². The van der Waals surface area contributed by atoms with Crippen molar-refractivity contribution in [2.24, 2.45) is 5.92 Å². The van der Waals surface area contributed by atoms with Gasteiger partial charge in [-0.3, -0.25) is 4.55 Å². The molecule has 0 bridgehead atoms. The van der Waals surface area contributed by atoms with Crippen LogP contribution in [0.2, 0.25) is 0 Å². The second-order valence-electron chi connectivity index (χ2n) is 4.56. The summed E-state index contributed by atoms with van der Waals surface area (Å²) in [5.74, 6) is 0.104. The summed E-state index contributed by atoms with van der Waals surface area (Å²) >= 11 is 0. The maximum atomic E-state index is 9.87. The molecule has 0 radical (unpaired) electrons. The largest absolute Gasteiger partial charge is 0.397 e. The molecule has 0 atom stereocenters. The lowest BCUT2D eigenvalue weighted by atomic mass is 10.2. The van der Waals surface area contributed by atoms with Gasteiger partial charge in [-0.1, -0.05) is 13.8 Å². The fourth-order valence-electron chi connectivity index (χ4n) is 0.877. The predicted molar refractivity (Wildman–Crippen MR) is 90.3 cm³/mol. The molecule has 3 N–H and O–H groups in total. The molecular weight excluding hydrogens is 344 g/mol. The quantitative estimate of drug-likeness (QED) is 0.328. The van der Waals surface area contributed by atoms with Gasteiger partial charge in [0.15, 0.2) is 0 Å². The summed E-state index contributed by atoms with van der Waals surface area (Å²) < 4.78 is 46.4. The van der Waals surface area contributed by atoms with Gasteiger partial charge in [-0.2, -0.15) is 8.42 Å².